The van der Waals surface area contributed by atoms with Gasteiger partial charge in [-0.05, 0) is 50.8 Å². The van der Waals surface area contributed by atoms with Crippen LogP contribution in [0.4, 0.5) is 11.4 Å². The minimum Gasteiger partial charge on any atom is -0.399 e. The molecular weight excluding hydrogens is 196 g/mol. The summed E-state index contributed by atoms with van der Waals surface area (Å²) < 4.78 is 0. The van der Waals surface area contributed by atoms with Crippen molar-refractivity contribution in [3.05, 3.63) is 23.8 Å². The zero-order valence-corrected chi connectivity index (χ0v) is 10.7. The lowest BCUT2D eigenvalue weighted by Gasteiger charge is -2.47. The van der Waals surface area contributed by atoms with Gasteiger partial charge in [-0.15, -0.1) is 0 Å². The number of benzene rings is 1. The van der Waals surface area contributed by atoms with Gasteiger partial charge in [-0.25, -0.2) is 0 Å². The molecule has 1 unspecified atom stereocenters. The van der Waals surface area contributed by atoms with E-state index < -0.39 is 0 Å². The highest BCUT2D eigenvalue weighted by atomic mass is 15.2. The van der Waals surface area contributed by atoms with Gasteiger partial charge in [-0.3, -0.25) is 0 Å². The van der Waals surface area contributed by atoms with Crippen LogP contribution in [0.2, 0.25) is 0 Å². The molecule has 0 bridgehead atoms. The van der Waals surface area contributed by atoms with E-state index in [2.05, 4.69) is 44.7 Å². The summed E-state index contributed by atoms with van der Waals surface area (Å²) in [6, 6.07) is 6.32. The van der Waals surface area contributed by atoms with E-state index in [4.69, 9.17) is 5.73 Å². The Morgan fingerprint density at radius 1 is 1.44 bits per heavy atom. The van der Waals surface area contributed by atoms with Gasteiger partial charge in [0.1, 0.15) is 0 Å². The van der Waals surface area contributed by atoms with Crippen molar-refractivity contribution in [2.45, 2.75) is 45.6 Å². The van der Waals surface area contributed by atoms with Crippen LogP contribution in [0, 0.1) is 0 Å². The molecule has 2 N–H and O–H groups in total. The van der Waals surface area contributed by atoms with Crippen LogP contribution >= 0.6 is 0 Å². The third-order valence-electron chi connectivity index (χ3n) is 3.73. The maximum absolute atomic E-state index is 5.91. The summed E-state index contributed by atoms with van der Waals surface area (Å²) >= 11 is 0. The number of nitrogens with two attached hydrogens (primary N) is 1. The number of hydrogen-bond donors (Lipinski definition) is 1. The Morgan fingerprint density at radius 3 is 2.75 bits per heavy atom. The van der Waals surface area contributed by atoms with Gasteiger partial charge in [0.15, 0.2) is 0 Å². The number of fused-ring (bicyclic) bond motifs is 1. The van der Waals surface area contributed by atoms with Crippen LogP contribution in [-0.2, 0) is 0 Å². The molecule has 1 heterocycles. The average molecular weight is 218 g/mol. The molecule has 0 amide bonds. The van der Waals surface area contributed by atoms with Crippen molar-refractivity contribution in [3.8, 4) is 0 Å². The van der Waals surface area contributed by atoms with Crippen molar-refractivity contribution in [3.63, 3.8) is 0 Å². The summed E-state index contributed by atoms with van der Waals surface area (Å²) in [6.07, 6.45) is 1.21. The first-order valence-corrected chi connectivity index (χ1v) is 6.13. The molecule has 1 aliphatic rings. The molecule has 1 aromatic rings. The molecule has 2 heteroatoms. The van der Waals surface area contributed by atoms with Crippen LogP contribution in [0.5, 0.6) is 0 Å². The maximum Gasteiger partial charge on any atom is 0.0426 e. The second kappa shape index (κ2) is 3.69. The summed E-state index contributed by atoms with van der Waals surface area (Å²) in [7, 11) is 0. The minimum atomic E-state index is 0.231. The summed E-state index contributed by atoms with van der Waals surface area (Å²) in [5.41, 5.74) is 9.77. The SMILES string of the molecule is CCN1c2cc(N)ccc2C(C)CC1(C)C. The molecular formula is C14H22N2. The lowest BCUT2D eigenvalue weighted by molar-refractivity contribution is 0.381. The maximum atomic E-state index is 5.91. The van der Waals surface area contributed by atoms with E-state index >= 15 is 0 Å². The predicted octanol–water partition coefficient (Wildman–Crippen LogP) is 3.38. The van der Waals surface area contributed by atoms with Gasteiger partial charge in [0.05, 0.1) is 0 Å². The van der Waals surface area contributed by atoms with Crippen LogP contribution in [0.1, 0.15) is 45.6 Å². The molecule has 0 aliphatic carbocycles. The number of rotatable bonds is 1. The monoisotopic (exact) mass is 218 g/mol. The van der Waals surface area contributed by atoms with E-state index in [1.165, 1.54) is 17.7 Å². The van der Waals surface area contributed by atoms with Crippen molar-refractivity contribution in [1.29, 1.82) is 0 Å². The van der Waals surface area contributed by atoms with Gasteiger partial charge >= 0.3 is 0 Å². The summed E-state index contributed by atoms with van der Waals surface area (Å²) in [5, 5.41) is 0. The lowest BCUT2D eigenvalue weighted by Crippen LogP contribution is -2.48. The molecule has 0 aromatic heterocycles. The highest BCUT2D eigenvalue weighted by Gasteiger charge is 2.35. The van der Waals surface area contributed by atoms with E-state index in [-0.39, 0.29) is 5.54 Å². The summed E-state index contributed by atoms with van der Waals surface area (Å²) in [4.78, 5) is 2.47. The van der Waals surface area contributed by atoms with Gasteiger partial charge in [0.25, 0.3) is 0 Å². The molecule has 0 radical (unpaired) electrons. The Hall–Kier alpha value is -1.18. The standard InChI is InChI=1S/C14H22N2/c1-5-16-13-8-11(15)6-7-12(13)10(2)9-14(16,3)4/h6-8,10H,5,9,15H2,1-4H3. The quantitative estimate of drug-likeness (QED) is 0.732. The summed E-state index contributed by atoms with van der Waals surface area (Å²) in [5.74, 6) is 0.619. The number of anilines is 2. The minimum absolute atomic E-state index is 0.231. The van der Waals surface area contributed by atoms with E-state index in [1.54, 1.807) is 0 Å². The smallest absolute Gasteiger partial charge is 0.0426 e. The van der Waals surface area contributed by atoms with Crippen molar-refractivity contribution in [2.24, 2.45) is 0 Å². The third kappa shape index (κ3) is 1.66. The van der Waals surface area contributed by atoms with Crippen LogP contribution in [0.15, 0.2) is 18.2 Å². The Labute approximate surface area is 98.4 Å². The molecule has 2 nitrogen and oxygen atoms in total. The molecule has 1 aromatic carbocycles. The van der Waals surface area contributed by atoms with Crippen molar-refractivity contribution in [2.75, 3.05) is 17.2 Å². The van der Waals surface area contributed by atoms with Crippen molar-refractivity contribution in [1.82, 2.24) is 0 Å². The van der Waals surface area contributed by atoms with Gasteiger partial charge < -0.3 is 10.6 Å². The molecule has 88 valence electrons. The number of nitrogens with zero attached hydrogens (tertiary/aromatic N) is 1. The normalized spacial score (nSPS) is 23.0. The second-order valence-corrected chi connectivity index (χ2v) is 5.48. The number of nitrogen functional groups attached to an aromatic ring is 1. The van der Waals surface area contributed by atoms with Crippen LogP contribution in [0.3, 0.4) is 0 Å². The third-order valence-corrected chi connectivity index (χ3v) is 3.73. The molecule has 2 rings (SSSR count). The predicted molar refractivity (Wildman–Crippen MR) is 71.0 cm³/mol. The van der Waals surface area contributed by atoms with Crippen LogP contribution in [-0.4, -0.2) is 12.1 Å². The Morgan fingerprint density at radius 2 is 2.12 bits per heavy atom. The molecule has 0 fully saturated rings. The molecule has 1 atom stereocenters. The van der Waals surface area contributed by atoms with E-state index in [9.17, 15) is 0 Å². The fourth-order valence-corrected chi connectivity index (χ4v) is 3.11. The van der Waals surface area contributed by atoms with Crippen LogP contribution < -0.4 is 10.6 Å². The first-order valence-electron chi connectivity index (χ1n) is 6.13. The van der Waals surface area contributed by atoms with E-state index in [0.29, 0.717) is 5.92 Å². The summed E-state index contributed by atoms with van der Waals surface area (Å²) in [6.45, 7) is 10.2. The first-order chi connectivity index (χ1) is 7.45. The number of hydrogen-bond acceptors (Lipinski definition) is 2. The molecule has 0 spiro atoms. The Balaban J connectivity index is 2.55. The van der Waals surface area contributed by atoms with Crippen molar-refractivity contribution >= 4 is 11.4 Å². The van der Waals surface area contributed by atoms with E-state index in [1.807, 2.05) is 6.07 Å². The molecule has 1 aliphatic heterocycles. The lowest BCUT2D eigenvalue weighted by atomic mass is 9.80. The fraction of sp³-hybridized carbons (Fsp3) is 0.571. The molecule has 0 saturated heterocycles. The average Bonchev–Trinajstić information content (AvgIpc) is 2.16. The van der Waals surface area contributed by atoms with Gasteiger partial charge in [0, 0.05) is 23.5 Å². The topological polar surface area (TPSA) is 29.3 Å². The highest BCUT2D eigenvalue weighted by Crippen LogP contribution is 2.43. The Bertz CT molecular complexity index is 396. The molecule has 0 saturated carbocycles. The highest BCUT2D eigenvalue weighted by molar-refractivity contribution is 5.65. The fourth-order valence-electron chi connectivity index (χ4n) is 3.11. The van der Waals surface area contributed by atoms with E-state index in [0.717, 1.165) is 12.2 Å². The van der Waals surface area contributed by atoms with Crippen LogP contribution in [0.25, 0.3) is 0 Å². The Kier molecular flexibility index (Phi) is 2.61. The van der Waals surface area contributed by atoms with Crippen molar-refractivity contribution < 1.29 is 0 Å². The zero-order valence-electron chi connectivity index (χ0n) is 10.7. The zero-order chi connectivity index (χ0) is 11.9. The largest absolute Gasteiger partial charge is 0.399 e. The second-order valence-electron chi connectivity index (χ2n) is 5.48. The van der Waals surface area contributed by atoms with Gasteiger partial charge in [0.2, 0.25) is 0 Å². The molecule has 16 heavy (non-hydrogen) atoms. The van der Waals surface area contributed by atoms with Gasteiger partial charge in [-0.1, -0.05) is 13.0 Å². The first kappa shape index (κ1) is 11.3. The van der Waals surface area contributed by atoms with Gasteiger partial charge in [-0.2, -0.15) is 0 Å².